The molecule has 3 atom stereocenters. The molecule has 0 aliphatic rings. The number of rotatable bonds is 55. The van der Waals surface area contributed by atoms with Crippen LogP contribution in [0.2, 0.25) is 0 Å². The molecule has 2 N–H and O–H groups in total. The first-order valence-electron chi connectivity index (χ1n) is 30.6. The zero-order chi connectivity index (χ0) is 53.6. The summed E-state index contributed by atoms with van der Waals surface area (Å²) in [5.74, 6) is -0.516. The molecule has 0 heterocycles. The van der Waals surface area contributed by atoms with Crippen LogP contribution in [-0.2, 0) is 27.9 Å². The van der Waals surface area contributed by atoms with Crippen molar-refractivity contribution in [2.24, 2.45) is 0 Å². The summed E-state index contributed by atoms with van der Waals surface area (Å²) in [5.41, 5.74) is 0. The molecule has 9 nitrogen and oxygen atoms in total. The van der Waals surface area contributed by atoms with E-state index in [0.29, 0.717) is 17.4 Å². The smallest absolute Gasteiger partial charge is 0.456 e. The fraction of sp³-hybridized carbons (Fsp3) is 0.810. The number of carbonyl (C=O) groups excluding carboxylic acids is 2. The maximum absolute atomic E-state index is 13.5. The lowest BCUT2D eigenvalue weighted by Gasteiger charge is -2.27. The molecule has 0 aliphatic carbocycles. The highest BCUT2D eigenvalue weighted by Crippen LogP contribution is 2.43. The third kappa shape index (κ3) is 54.3. The van der Waals surface area contributed by atoms with E-state index in [1.165, 1.54) is 167 Å². The Hall–Kier alpha value is -2.29. The molecule has 0 aromatic carbocycles. The second-order valence-corrected chi connectivity index (χ2v) is 23.4. The van der Waals surface area contributed by atoms with Gasteiger partial charge in [0.2, 0.25) is 5.91 Å². The lowest BCUT2D eigenvalue weighted by Crippen LogP contribution is -2.47. The van der Waals surface area contributed by atoms with E-state index in [2.05, 4.69) is 74.7 Å². The Morgan fingerprint density at radius 3 is 1.34 bits per heavy atom. The highest BCUT2D eigenvalue weighted by molar-refractivity contribution is 7.47. The molecule has 0 aromatic heterocycles. The average molecular weight is 1050 g/mol. The van der Waals surface area contributed by atoms with E-state index in [0.717, 1.165) is 77.0 Å². The van der Waals surface area contributed by atoms with Crippen molar-refractivity contribution in [2.45, 2.75) is 290 Å². The summed E-state index contributed by atoms with van der Waals surface area (Å²) in [5, 5.41) is 3.05. The number of hydrogen-bond acceptors (Lipinski definition) is 6. The van der Waals surface area contributed by atoms with Crippen molar-refractivity contribution in [1.29, 1.82) is 0 Å². The molecule has 0 bridgehead atoms. The number of unbranched alkanes of at least 4 members (excludes halogenated alkanes) is 33. The van der Waals surface area contributed by atoms with Crippen LogP contribution in [0.1, 0.15) is 278 Å². The first-order chi connectivity index (χ1) is 35.4. The first-order valence-corrected chi connectivity index (χ1v) is 32.1. The number of quaternary nitrogens is 1. The van der Waals surface area contributed by atoms with E-state index in [4.69, 9.17) is 13.8 Å². The van der Waals surface area contributed by atoms with Crippen LogP contribution in [-0.4, -0.2) is 74.3 Å². The molecular formula is C63H118N2O7P+. The lowest BCUT2D eigenvalue weighted by molar-refractivity contribution is -0.870. The number of phosphoric acid groups is 1. The number of likely N-dealkylation sites (N-methyl/N-ethyl adjacent to an activating group) is 1. The highest BCUT2D eigenvalue weighted by Gasteiger charge is 2.30. The van der Waals surface area contributed by atoms with Gasteiger partial charge in [0.25, 0.3) is 0 Å². The van der Waals surface area contributed by atoms with Gasteiger partial charge in [-0.2, -0.15) is 0 Å². The maximum atomic E-state index is 13.5. The minimum atomic E-state index is -4.45. The van der Waals surface area contributed by atoms with Gasteiger partial charge in [0.1, 0.15) is 19.3 Å². The average Bonchev–Trinajstić information content (AvgIpc) is 3.35. The number of hydrogen-bond donors (Lipinski definition) is 2. The molecule has 0 aliphatic heterocycles. The first kappa shape index (κ1) is 70.7. The number of allylic oxidation sites excluding steroid dienone is 9. The molecule has 426 valence electrons. The van der Waals surface area contributed by atoms with E-state index >= 15 is 0 Å². The molecule has 3 unspecified atom stereocenters. The van der Waals surface area contributed by atoms with Crippen LogP contribution in [0.4, 0.5) is 0 Å². The van der Waals surface area contributed by atoms with Crippen molar-refractivity contribution < 1.29 is 37.3 Å². The van der Waals surface area contributed by atoms with Crippen LogP contribution in [0, 0.1) is 0 Å². The maximum Gasteiger partial charge on any atom is 0.472 e. The summed E-state index contributed by atoms with van der Waals surface area (Å²) in [6.07, 6.45) is 66.4. The second kappa shape index (κ2) is 53.1. The van der Waals surface area contributed by atoms with Crippen molar-refractivity contribution in [1.82, 2.24) is 5.32 Å². The van der Waals surface area contributed by atoms with Gasteiger partial charge in [-0.1, -0.05) is 249 Å². The molecule has 0 fully saturated rings. The number of phosphoric ester groups is 1. The van der Waals surface area contributed by atoms with Gasteiger partial charge in [-0.25, -0.2) is 4.57 Å². The summed E-state index contributed by atoms with van der Waals surface area (Å²) < 4.78 is 30.7. The molecule has 1 amide bonds. The molecule has 0 spiro atoms. The molecule has 0 rings (SSSR count). The minimum absolute atomic E-state index is 0.0369. The van der Waals surface area contributed by atoms with Gasteiger partial charge in [-0.05, 0) is 76.7 Å². The summed E-state index contributed by atoms with van der Waals surface area (Å²) in [6, 6.07) is -0.855. The van der Waals surface area contributed by atoms with Gasteiger partial charge < -0.3 is 19.4 Å². The van der Waals surface area contributed by atoms with Crippen LogP contribution in [0.25, 0.3) is 0 Å². The van der Waals surface area contributed by atoms with Crippen molar-refractivity contribution in [2.75, 3.05) is 40.9 Å². The molecule has 0 saturated heterocycles. The molecule has 0 radical (unpaired) electrons. The Morgan fingerprint density at radius 1 is 0.493 bits per heavy atom. The van der Waals surface area contributed by atoms with E-state index in [1.807, 2.05) is 33.3 Å². The van der Waals surface area contributed by atoms with Gasteiger partial charge in [-0.3, -0.25) is 18.6 Å². The number of ether oxygens (including phenoxy) is 1. The molecule has 0 aromatic rings. The minimum Gasteiger partial charge on any atom is -0.456 e. The van der Waals surface area contributed by atoms with E-state index < -0.39 is 20.0 Å². The van der Waals surface area contributed by atoms with Gasteiger partial charge in [0, 0.05) is 12.8 Å². The van der Waals surface area contributed by atoms with Crippen LogP contribution >= 0.6 is 7.82 Å². The molecule has 0 saturated carbocycles. The number of amides is 1. The quantitative estimate of drug-likeness (QED) is 0.0156. The lowest BCUT2D eigenvalue weighted by atomic mass is 10.0. The van der Waals surface area contributed by atoms with Crippen molar-refractivity contribution in [3.8, 4) is 0 Å². The van der Waals surface area contributed by atoms with E-state index in [9.17, 15) is 19.0 Å². The molecule has 10 heteroatoms. The Morgan fingerprint density at radius 2 is 0.890 bits per heavy atom. The van der Waals surface area contributed by atoms with Crippen molar-refractivity contribution >= 4 is 19.7 Å². The van der Waals surface area contributed by atoms with Crippen molar-refractivity contribution in [3.63, 3.8) is 0 Å². The SMILES string of the molecule is CC/C=C/C=C/C=C/CCCCCCCCCC(=O)OC(/C=C\CCCCCCCCCCCCC)C(COP(=O)(O)OCC[N+](C)(C)C)NC(=O)CCCCCCCCCCC/C=C/CCCCCCCC. The van der Waals surface area contributed by atoms with Crippen molar-refractivity contribution in [3.05, 3.63) is 60.8 Å². The Labute approximate surface area is 451 Å². The Bertz CT molecular complexity index is 1440. The van der Waals surface area contributed by atoms with Crippen LogP contribution < -0.4 is 5.32 Å². The third-order valence-corrected chi connectivity index (χ3v) is 14.5. The zero-order valence-electron chi connectivity index (χ0n) is 48.6. The molecule has 73 heavy (non-hydrogen) atoms. The predicted octanol–water partition coefficient (Wildman–Crippen LogP) is 18.7. The normalized spacial score (nSPS) is 14.1. The highest BCUT2D eigenvalue weighted by atomic mass is 31.2. The van der Waals surface area contributed by atoms with E-state index in [-0.39, 0.29) is 31.5 Å². The van der Waals surface area contributed by atoms with Gasteiger partial charge in [-0.15, -0.1) is 0 Å². The zero-order valence-corrected chi connectivity index (χ0v) is 49.5. The number of nitrogens with zero attached hydrogens (tertiary/aromatic N) is 1. The standard InChI is InChI=1S/C63H117N2O7P/c1-7-10-13-16-19-22-25-28-30-31-32-33-35-37-40-43-46-49-52-55-62(66)64-60(59-71-73(68,69)70-58-57-65(4,5)6)61(54-51-48-45-42-39-36-27-24-21-18-15-12-9-3)72-63(67)56-53-50-47-44-41-38-34-29-26-23-20-17-14-11-8-2/h11,14,17,20,23,26,28,30,51,54,60-61H,7-10,12-13,15-16,18-19,21-22,24-25,27,29,31-50,52-53,55-59H2,1-6H3,(H-,64,66,68,69)/p+1/b14-11+,20-17+,26-23+,30-28+,54-51-. The monoisotopic (exact) mass is 1050 g/mol. The summed E-state index contributed by atoms with van der Waals surface area (Å²) >= 11 is 0. The number of nitrogens with one attached hydrogen (secondary N) is 1. The fourth-order valence-electron chi connectivity index (χ4n) is 8.76. The summed E-state index contributed by atoms with van der Waals surface area (Å²) in [4.78, 5) is 37.7. The topological polar surface area (TPSA) is 111 Å². The second-order valence-electron chi connectivity index (χ2n) is 21.9. The number of esters is 1. The van der Waals surface area contributed by atoms with Crippen LogP contribution in [0.5, 0.6) is 0 Å². The predicted molar refractivity (Wildman–Crippen MR) is 314 cm³/mol. The number of carbonyl (C=O) groups is 2. The summed E-state index contributed by atoms with van der Waals surface area (Å²) in [6.45, 7) is 6.89. The van der Waals surface area contributed by atoms with E-state index in [1.54, 1.807) is 0 Å². The Kier molecular flexibility index (Phi) is 51.5. The van der Waals surface area contributed by atoms with Crippen LogP contribution in [0.15, 0.2) is 60.8 Å². The fourth-order valence-corrected chi connectivity index (χ4v) is 9.49. The van der Waals surface area contributed by atoms with Gasteiger partial charge in [0.15, 0.2) is 0 Å². The van der Waals surface area contributed by atoms with Gasteiger partial charge in [0.05, 0.1) is 33.8 Å². The molecular weight excluding hydrogens is 928 g/mol. The Balaban J connectivity index is 5.29. The third-order valence-electron chi connectivity index (χ3n) is 13.5. The largest absolute Gasteiger partial charge is 0.472 e. The summed E-state index contributed by atoms with van der Waals surface area (Å²) in [7, 11) is 1.49. The van der Waals surface area contributed by atoms with Crippen LogP contribution in [0.3, 0.4) is 0 Å². The van der Waals surface area contributed by atoms with Gasteiger partial charge >= 0.3 is 13.8 Å².